The molecule has 0 aromatic heterocycles. The van der Waals surface area contributed by atoms with Crippen molar-refractivity contribution in [1.29, 1.82) is 0 Å². The first-order valence-electron chi connectivity index (χ1n) is 3.55. The van der Waals surface area contributed by atoms with Gasteiger partial charge in [-0.1, -0.05) is 12.2 Å². The Bertz CT molecular complexity index is 256. The zero-order valence-corrected chi connectivity index (χ0v) is 6.22. The highest BCUT2D eigenvalue weighted by atomic mass is 16.5. The van der Waals surface area contributed by atoms with E-state index in [1.165, 1.54) is 11.1 Å². The van der Waals surface area contributed by atoms with E-state index in [4.69, 9.17) is 4.74 Å². The zero-order valence-electron chi connectivity index (χ0n) is 6.22. The van der Waals surface area contributed by atoms with Crippen molar-refractivity contribution in [2.24, 2.45) is 0 Å². The van der Waals surface area contributed by atoms with Crippen LogP contribution in [0.3, 0.4) is 0 Å². The molecule has 1 heteroatoms. The van der Waals surface area contributed by atoms with Crippen molar-refractivity contribution < 1.29 is 4.74 Å². The quantitative estimate of drug-likeness (QED) is 0.493. The molecule has 10 heavy (non-hydrogen) atoms. The number of hydrogen-bond donors (Lipinski definition) is 0. The minimum atomic E-state index is 0.284. The fourth-order valence-corrected chi connectivity index (χ4v) is 1.33. The van der Waals surface area contributed by atoms with Crippen LogP contribution in [-0.4, -0.2) is 6.10 Å². The molecule has 0 N–H and O–H groups in total. The molecule has 1 nitrogen and oxygen atoms in total. The van der Waals surface area contributed by atoms with E-state index in [-0.39, 0.29) is 6.10 Å². The van der Waals surface area contributed by atoms with Crippen LogP contribution in [0.15, 0.2) is 35.1 Å². The summed E-state index contributed by atoms with van der Waals surface area (Å²) < 4.78 is 5.52. The molecule has 1 atom stereocenters. The third kappa shape index (κ3) is 0.576. The van der Waals surface area contributed by atoms with Gasteiger partial charge in [-0.25, -0.2) is 0 Å². The minimum absolute atomic E-state index is 0.284. The van der Waals surface area contributed by atoms with Gasteiger partial charge in [-0.05, 0) is 25.5 Å². The third-order valence-corrected chi connectivity index (χ3v) is 2.11. The highest BCUT2D eigenvalue weighted by Crippen LogP contribution is 2.33. The van der Waals surface area contributed by atoms with Gasteiger partial charge in [0.1, 0.15) is 11.9 Å². The second-order valence-corrected chi connectivity index (χ2v) is 2.75. The predicted octanol–water partition coefficient (Wildman–Crippen LogP) is 2.18. The lowest BCUT2D eigenvalue weighted by Crippen LogP contribution is -1.99. The van der Waals surface area contributed by atoms with E-state index < -0.39 is 0 Å². The maximum absolute atomic E-state index is 5.52. The highest BCUT2D eigenvalue weighted by Gasteiger charge is 2.24. The lowest BCUT2D eigenvalue weighted by Gasteiger charge is -2.04. The summed E-state index contributed by atoms with van der Waals surface area (Å²) in [5, 5.41) is 0. The Hall–Kier alpha value is -0.980. The van der Waals surface area contributed by atoms with Crippen molar-refractivity contribution in [2.45, 2.75) is 20.0 Å². The number of hydrogen-bond acceptors (Lipinski definition) is 1. The van der Waals surface area contributed by atoms with Crippen LogP contribution in [0.1, 0.15) is 13.8 Å². The second-order valence-electron chi connectivity index (χ2n) is 2.75. The second kappa shape index (κ2) is 1.75. The standard InChI is InChI=1S/C9H10O/c1-6-7(2)10-9-5-3-4-8(6)9/h3-5,7H,1-2H3. The van der Waals surface area contributed by atoms with E-state index in [2.05, 4.69) is 19.9 Å². The van der Waals surface area contributed by atoms with Gasteiger partial charge in [0.25, 0.3) is 0 Å². The minimum Gasteiger partial charge on any atom is -0.486 e. The van der Waals surface area contributed by atoms with Crippen LogP contribution in [0.4, 0.5) is 0 Å². The Morgan fingerprint density at radius 3 is 3.00 bits per heavy atom. The molecular weight excluding hydrogens is 124 g/mol. The van der Waals surface area contributed by atoms with Crippen LogP contribution in [0.2, 0.25) is 0 Å². The SMILES string of the molecule is CC1=C2C=CC=C2OC1C. The summed E-state index contributed by atoms with van der Waals surface area (Å²) in [5.41, 5.74) is 2.63. The van der Waals surface area contributed by atoms with E-state index >= 15 is 0 Å². The first kappa shape index (κ1) is 5.78. The molecule has 0 fully saturated rings. The molecule has 0 bridgehead atoms. The fraction of sp³-hybridized carbons (Fsp3) is 0.333. The summed E-state index contributed by atoms with van der Waals surface area (Å²) in [4.78, 5) is 0. The molecule has 0 spiro atoms. The molecule has 2 aliphatic rings. The molecule has 0 saturated heterocycles. The van der Waals surface area contributed by atoms with Crippen molar-refractivity contribution >= 4 is 0 Å². The van der Waals surface area contributed by atoms with Crippen molar-refractivity contribution in [1.82, 2.24) is 0 Å². The van der Waals surface area contributed by atoms with Crippen LogP contribution < -0.4 is 0 Å². The lowest BCUT2D eigenvalue weighted by atomic mass is 10.1. The molecule has 0 saturated carbocycles. The van der Waals surface area contributed by atoms with Gasteiger partial charge in [-0.3, -0.25) is 0 Å². The number of fused-ring (bicyclic) bond motifs is 1. The smallest absolute Gasteiger partial charge is 0.127 e. The zero-order chi connectivity index (χ0) is 7.14. The van der Waals surface area contributed by atoms with Crippen LogP contribution in [0.25, 0.3) is 0 Å². The van der Waals surface area contributed by atoms with Crippen LogP contribution in [0, 0.1) is 0 Å². The molecule has 0 radical (unpaired) electrons. The largest absolute Gasteiger partial charge is 0.486 e. The summed E-state index contributed by atoms with van der Waals surface area (Å²) in [5.74, 6) is 1.05. The van der Waals surface area contributed by atoms with Crippen LogP contribution >= 0.6 is 0 Å². The monoisotopic (exact) mass is 134 g/mol. The summed E-state index contributed by atoms with van der Waals surface area (Å²) in [7, 11) is 0. The summed E-state index contributed by atoms with van der Waals surface area (Å²) in [6.45, 7) is 4.20. The van der Waals surface area contributed by atoms with Gasteiger partial charge < -0.3 is 4.74 Å². The summed E-state index contributed by atoms with van der Waals surface area (Å²) in [6.07, 6.45) is 6.43. The van der Waals surface area contributed by atoms with Gasteiger partial charge in [0.2, 0.25) is 0 Å². The molecular formula is C9H10O. The first-order chi connectivity index (χ1) is 4.79. The molecule has 0 amide bonds. The maximum Gasteiger partial charge on any atom is 0.127 e. The normalized spacial score (nSPS) is 28.6. The molecule has 1 heterocycles. The summed E-state index contributed by atoms with van der Waals surface area (Å²) in [6, 6.07) is 0. The van der Waals surface area contributed by atoms with Crippen LogP contribution in [0.5, 0.6) is 0 Å². The third-order valence-electron chi connectivity index (χ3n) is 2.11. The number of allylic oxidation sites excluding steroid dienone is 3. The predicted molar refractivity (Wildman–Crippen MR) is 40.5 cm³/mol. The molecule has 2 rings (SSSR count). The van der Waals surface area contributed by atoms with Gasteiger partial charge >= 0.3 is 0 Å². The highest BCUT2D eigenvalue weighted by molar-refractivity contribution is 5.51. The molecule has 1 aliphatic carbocycles. The van der Waals surface area contributed by atoms with Gasteiger partial charge in [0.15, 0.2) is 0 Å². The Morgan fingerprint density at radius 2 is 2.30 bits per heavy atom. The molecule has 52 valence electrons. The van der Waals surface area contributed by atoms with Gasteiger partial charge in [-0.15, -0.1) is 0 Å². The Labute approximate surface area is 60.7 Å². The van der Waals surface area contributed by atoms with E-state index in [9.17, 15) is 0 Å². The van der Waals surface area contributed by atoms with Crippen molar-refractivity contribution in [3.8, 4) is 0 Å². The van der Waals surface area contributed by atoms with Gasteiger partial charge in [-0.2, -0.15) is 0 Å². The first-order valence-corrected chi connectivity index (χ1v) is 3.55. The summed E-state index contributed by atoms with van der Waals surface area (Å²) >= 11 is 0. The molecule has 0 aromatic rings. The molecule has 1 aliphatic heterocycles. The van der Waals surface area contributed by atoms with E-state index in [0.717, 1.165) is 5.76 Å². The fourth-order valence-electron chi connectivity index (χ4n) is 1.33. The molecule has 1 unspecified atom stereocenters. The topological polar surface area (TPSA) is 9.23 Å². The lowest BCUT2D eigenvalue weighted by molar-refractivity contribution is 0.190. The van der Waals surface area contributed by atoms with E-state index in [0.29, 0.717) is 0 Å². The van der Waals surface area contributed by atoms with Crippen molar-refractivity contribution in [3.63, 3.8) is 0 Å². The van der Waals surface area contributed by atoms with Gasteiger partial charge in [0, 0.05) is 5.57 Å². The number of ether oxygens (including phenoxy) is 1. The average Bonchev–Trinajstić information content (AvgIpc) is 2.41. The Morgan fingerprint density at radius 1 is 1.50 bits per heavy atom. The number of rotatable bonds is 0. The maximum atomic E-state index is 5.52. The average molecular weight is 134 g/mol. The Kier molecular flexibility index (Phi) is 1.01. The van der Waals surface area contributed by atoms with Crippen molar-refractivity contribution in [2.75, 3.05) is 0 Å². The van der Waals surface area contributed by atoms with E-state index in [1.54, 1.807) is 0 Å². The Balaban J connectivity index is 2.49. The van der Waals surface area contributed by atoms with Crippen LogP contribution in [-0.2, 0) is 4.74 Å². The van der Waals surface area contributed by atoms with Gasteiger partial charge in [0.05, 0.1) is 0 Å². The van der Waals surface area contributed by atoms with E-state index in [1.807, 2.05) is 12.2 Å². The van der Waals surface area contributed by atoms with Crippen molar-refractivity contribution in [3.05, 3.63) is 35.1 Å². The molecule has 0 aromatic carbocycles.